The highest BCUT2D eigenvalue weighted by molar-refractivity contribution is 8.00. The normalized spacial score (nSPS) is 12.2. The molecule has 0 saturated carbocycles. The smallest absolute Gasteiger partial charge is 0.235 e. The van der Waals surface area contributed by atoms with E-state index in [-0.39, 0.29) is 11.2 Å². The number of hydrogen-bond acceptors (Lipinski definition) is 3. The molecule has 1 amide bonds. The number of aromatic nitrogens is 2. The van der Waals surface area contributed by atoms with Crippen LogP contribution in [-0.2, 0) is 11.8 Å². The average Bonchev–Trinajstić information content (AvgIpc) is 2.80. The molecule has 2 rings (SSSR count). The highest BCUT2D eigenvalue weighted by atomic mass is 32.2. The van der Waals surface area contributed by atoms with Gasteiger partial charge in [0.1, 0.15) is 0 Å². The molecule has 0 radical (unpaired) electrons. The highest BCUT2D eigenvalue weighted by Crippen LogP contribution is 2.27. The van der Waals surface area contributed by atoms with Crippen LogP contribution in [0.3, 0.4) is 0 Å². The molecule has 1 atom stereocenters. The number of benzene rings is 1. The fraction of sp³-hybridized carbons (Fsp3) is 0.333. The molecule has 1 heterocycles. The van der Waals surface area contributed by atoms with E-state index >= 15 is 0 Å². The summed E-state index contributed by atoms with van der Waals surface area (Å²) in [5.74, 6) is 0.0965. The number of imidazole rings is 1. The van der Waals surface area contributed by atoms with Gasteiger partial charge in [-0.2, -0.15) is 0 Å². The second-order valence-corrected chi connectivity index (χ2v) is 6.15. The Morgan fingerprint density at radius 3 is 2.55 bits per heavy atom. The van der Waals surface area contributed by atoms with Gasteiger partial charge in [0.25, 0.3) is 0 Å². The summed E-state index contributed by atoms with van der Waals surface area (Å²) in [6.45, 7) is 1.91. The molecule has 0 N–H and O–H groups in total. The Morgan fingerprint density at radius 2 is 1.95 bits per heavy atom. The zero-order valence-electron chi connectivity index (χ0n) is 12.2. The van der Waals surface area contributed by atoms with Crippen LogP contribution in [0.15, 0.2) is 41.7 Å². The largest absolute Gasteiger partial charge is 0.348 e. The van der Waals surface area contributed by atoms with E-state index in [9.17, 15) is 4.79 Å². The van der Waals surface area contributed by atoms with Gasteiger partial charge in [-0.15, -0.1) is 0 Å². The predicted octanol–water partition coefficient (Wildman–Crippen LogP) is 2.66. The Labute approximate surface area is 123 Å². The lowest BCUT2D eigenvalue weighted by Gasteiger charge is -2.16. The van der Waals surface area contributed by atoms with E-state index in [4.69, 9.17) is 0 Å². The number of carbonyl (C=O) groups is 1. The van der Waals surface area contributed by atoms with E-state index in [1.165, 1.54) is 11.8 Å². The number of thioether (sulfide) groups is 1. The molecule has 0 bridgehead atoms. The second kappa shape index (κ2) is 6.13. The summed E-state index contributed by atoms with van der Waals surface area (Å²) in [6, 6.07) is 10.1. The van der Waals surface area contributed by atoms with Crippen LogP contribution in [0.1, 0.15) is 6.92 Å². The van der Waals surface area contributed by atoms with Crippen LogP contribution in [0.5, 0.6) is 0 Å². The summed E-state index contributed by atoms with van der Waals surface area (Å²) in [4.78, 5) is 17.9. The third kappa shape index (κ3) is 3.04. The number of hydrogen-bond donors (Lipinski definition) is 0. The van der Waals surface area contributed by atoms with Gasteiger partial charge in [-0.1, -0.05) is 42.1 Å². The Hall–Kier alpha value is -1.75. The Bertz CT molecular complexity index is 592. The van der Waals surface area contributed by atoms with Crippen LogP contribution in [0, 0.1) is 0 Å². The number of carbonyl (C=O) groups excluding carboxylic acids is 1. The molecule has 0 aliphatic rings. The lowest BCUT2D eigenvalue weighted by Crippen LogP contribution is -2.29. The molecule has 0 spiro atoms. The number of amides is 1. The molecule has 106 valence electrons. The minimum atomic E-state index is -0.144. The van der Waals surface area contributed by atoms with Crippen molar-refractivity contribution in [1.29, 1.82) is 0 Å². The fourth-order valence-corrected chi connectivity index (χ4v) is 2.95. The van der Waals surface area contributed by atoms with E-state index in [0.29, 0.717) is 0 Å². The van der Waals surface area contributed by atoms with E-state index in [2.05, 4.69) is 17.1 Å². The van der Waals surface area contributed by atoms with Gasteiger partial charge < -0.3 is 9.47 Å². The van der Waals surface area contributed by atoms with Crippen molar-refractivity contribution < 1.29 is 4.79 Å². The van der Waals surface area contributed by atoms with Crippen LogP contribution in [-0.4, -0.2) is 39.7 Å². The first-order valence-electron chi connectivity index (χ1n) is 6.45. The molecule has 0 saturated heterocycles. The maximum absolute atomic E-state index is 11.9. The van der Waals surface area contributed by atoms with Crippen molar-refractivity contribution in [3.05, 3.63) is 36.5 Å². The first-order valence-corrected chi connectivity index (χ1v) is 7.33. The molecule has 0 unspecified atom stereocenters. The summed E-state index contributed by atoms with van der Waals surface area (Å²) >= 11 is 1.48. The van der Waals surface area contributed by atoms with Gasteiger partial charge in [0, 0.05) is 21.1 Å². The summed E-state index contributed by atoms with van der Waals surface area (Å²) in [5, 5.41) is 0.710. The maximum Gasteiger partial charge on any atom is 0.235 e. The number of nitrogens with zero attached hydrogens (tertiary/aromatic N) is 3. The summed E-state index contributed by atoms with van der Waals surface area (Å²) < 4.78 is 2.03. The van der Waals surface area contributed by atoms with E-state index in [0.717, 1.165) is 16.4 Å². The zero-order chi connectivity index (χ0) is 14.7. The first kappa shape index (κ1) is 14.7. The van der Waals surface area contributed by atoms with Crippen molar-refractivity contribution in [2.45, 2.75) is 17.3 Å². The van der Waals surface area contributed by atoms with E-state index in [1.807, 2.05) is 42.9 Å². The zero-order valence-corrected chi connectivity index (χ0v) is 13.0. The molecule has 1 aromatic carbocycles. The van der Waals surface area contributed by atoms with Crippen LogP contribution >= 0.6 is 11.8 Å². The molecule has 2 aromatic rings. The van der Waals surface area contributed by atoms with Gasteiger partial charge in [0.15, 0.2) is 5.16 Å². The first-order chi connectivity index (χ1) is 9.50. The van der Waals surface area contributed by atoms with Gasteiger partial charge in [-0.25, -0.2) is 4.98 Å². The summed E-state index contributed by atoms with van der Waals surface area (Å²) in [6.07, 6.45) is 1.85. The topological polar surface area (TPSA) is 38.1 Å². The molecular weight excluding hydrogens is 270 g/mol. The SMILES string of the molecule is C[C@@H](Sc1ncc(-c2ccccc2)n1C)C(=O)N(C)C. The summed E-state index contributed by atoms with van der Waals surface area (Å²) in [7, 11) is 5.52. The minimum absolute atomic E-state index is 0.0965. The van der Waals surface area contributed by atoms with Crippen molar-refractivity contribution in [1.82, 2.24) is 14.5 Å². The maximum atomic E-state index is 11.9. The number of rotatable bonds is 4. The lowest BCUT2D eigenvalue weighted by atomic mass is 10.2. The van der Waals surface area contributed by atoms with Crippen LogP contribution in [0.2, 0.25) is 0 Å². The standard InChI is InChI=1S/C15H19N3OS/c1-11(14(19)17(2)3)20-15-16-10-13(18(15)4)12-8-6-5-7-9-12/h5-11H,1-4H3/t11-/m1/s1. The second-order valence-electron chi connectivity index (χ2n) is 4.84. The van der Waals surface area contributed by atoms with Crippen molar-refractivity contribution in [2.24, 2.45) is 7.05 Å². The van der Waals surface area contributed by atoms with Gasteiger partial charge in [-0.05, 0) is 12.5 Å². The fourth-order valence-electron chi connectivity index (χ4n) is 1.95. The van der Waals surface area contributed by atoms with Crippen LogP contribution in [0.4, 0.5) is 0 Å². The lowest BCUT2D eigenvalue weighted by molar-refractivity contribution is -0.127. The van der Waals surface area contributed by atoms with Crippen LogP contribution in [0.25, 0.3) is 11.3 Å². The van der Waals surface area contributed by atoms with Gasteiger partial charge in [0.05, 0.1) is 17.1 Å². The molecule has 0 aliphatic carbocycles. The molecule has 20 heavy (non-hydrogen) atoms. The third-order valence-electron chi connectivity index (χ3n) is 3.09. The minimum Gasteiger partial charge on any atom is -0.348 e. The monoisotopic (exact) mass is 289 g/mol. The molecule has 1 aromatic heterocycles. The molecule has 5 heteroatoms. The third-order valence-corrected chi connectivity index (χ3v) is 4.23. The van der Waals surface area contributed by atoms with E-state index in [1.54, 1.807) is 19.0 Å². The van der Waals surface area contributed by atoms with Crippen LogP contribution < -0.4 is 0 Å². The molecule has 0 fully saturated rings. The molecular formula is C15H19N3OS. The Balaban J connectivity index is 2.20. The van der Waals surface area contributed by atoms with Gasteiger partial charge in [0.2, 0.25) is 5.91 Å². The quantitative estimate of drug-likeness (QED) is 0.812. The Kier molecular flexibility index (Phi) is 4.49. The molecule has 4 nitrogen and oxygen atoms in total. The van der Waals surface area contributed by atoms with Gasteiger partial charge in [-0.3, -0.25) is 4.79 Å². The Morgan fingerprint density at radius 1 is 1.30 bits per heavy atom. The molecule has 0 aliphatic heterocycles. The van der Waals surface area contributed by atoms with Gasteiger partial charge >= 0.3 is 0 Å². The predicted molar refractivity (Wildman–Crippen MR) is 82.7 cm³/mol. The van der Waals surface area contributed by atoms with E-state index < -0.39 is 0 Å². The average molecular weight is 289 g/mol. The highest BCUT2D eigenvalue weighted by Gasteiger charge is 2.19. The van der Waals surface area contributed by atoms with Crippen molar-refractivity contribution >= 4 is 17.7 Å². The van der Waals surface area contributed by atoms with Crippen molar-refractivity contribution in [3.63, 3.8) is 0 Å². The van der Waals surface area contributed by atoms with Crippen molar-refractivity contribution in [3.8, 4) is 11.3 Å². The summed E-state index contributed by atoms with van der Waals surface area (Å²) in [5.41, 5.74) is 2.18. The van der Waals surface area contributed by atoms with Crippen molar-refractivity contribution in [2.75, 3.05) is 14.1 Å².